The molecule has 1 aliphatic heterocycles. The van der Waals surface area contributed by atoms with Crippen molar-refractivity contribution >= 4 is 60.4 Å². The second-order valence-electron chi connectivity index (χ2n) is 13.0. The number of hydrogen-bond donors (Lipinski definition) is 0. The molecule has 0 saturated heterocycles. The van der Waals surface area contributed by atoms with Crippen molar-refractivity contribution in [3.63, 3.8) is 0 Å². The van der Waals surface area contributed by atoms with E-state index in [1.54, 1.807) is 0 Å². The second kappa shape index (κ2) is 9.88. The zero-order chi connectivity index (χ0) is 31.2. The van der Waals surface area contributed by atoms with Crippen LogP contribution in [-0.2, 0) is 0 Å². The molecule has 1 aromatic heterocycles. The summed E-state index contributed by atoms with van der Waals surface area (Å²) < 4.78 is 2.53. The van der Waals surface area contributed by atoms with Crippen molar-refractivity contribution in [3.8, 4) is 11.1 Å². The molecule has 2 heterocycles. The number of fused-ring (bicyclic) bond motifs is 13. The van der Waals surface area contributed by atoms with Gasteiger partial charge in [-0.15, -0.1) is 0 Å². The molecule has 0 amide bonds. The standard InChI is InChI=1S/C45H32N2/c1-3-30-40(29-16-5-4-6-17-29)37-26-25-28-15-7-8-19-32(28)43(37)46-45(30)47-38-24-14-13-23-36(38)42-35-22-12-11-21-34(35)41-33-20-10-9-18-31(33)27(2)39(41)44(42)47/h4-26,30,40H,2-3H2,1H3. The van der Waals surface area contributed by atoms with Crippen molar-refractivity contribution in [1.29, 1.82) is 0 Å². The highest BCUT2D eigenvalue weighted by Crippen LogP contribution is 2.54. The number of nitrogens with zero attached hydrogens (tertiary/aromatic N) is 2. The summed E-state index contributed by atoms with van der Waals surface area (Å²) in [5.41, 5.74) is 12.2. The van der Waals surface area contributed by atoms with Gasteiger partial charge < -0.3 is 0 Å². The van der Waals surface area contributed by atoms with Crippen molar-refractivity contribution in [2.75, 3.05) is 0 Å². The summed E-state index contributed by atoms with van der Waals surface area (Å²) in [5, 5.41) is 7.50. The van der Waals surface area contributed by atoms with Gasteiger partial charge in [-0.3, -0.25) is 4.57 Å². The van der Waals surface area contributed by atoms with Crippen molar-refractivity contribution in [3.05, 3.63) is 168 Å². The van der Waals surface area contributed by atoms with Crippen molar-refractivity contribution in [1.82, 2.24) is 4.57 Å². The molecule has 2 nitrogen and oxygen atoms in total. The number of aromatic nitrogens is 1. The van der Waals surface area contributed by atoms with Crippen LogP contribution < -0.4 is 0 Å². The Hall–Kier alpha value is -5.73. The largest absolute Gasteiger partial charge is 0.296 e. The zero-order valence-electron chi connectivity index (χ0n) is 26.2. The van der Waals surface area contributed by atoms with E-state index in [1.165, 1.54) is 76.7 Å². The van der Waals surface area contributed by atoms with Gasteiger partial charge in [0.15, 0.2) is 0 Å². The predicted molar refractivity (Wildman–Crippen MR) is 199 cm³/mol. The summed E-state index contributed by atoms with van der Waals surface area (Å²) in [7, 11) is 0. The van der Waals surface area contributed by atoms with Gasteiger partial charge in [-0.25, -0.2) is 4.99 Å². The Bertz CT molecular complexity index is 2640. The Labute approximate surface area is 273 Å². The molecule has 1 aliphatic carbocycles. The molecule has 0 N–H and O–H groups in total. The lowest BCUT2D eigenvalue weighted by Gasteiger charge is -2.35. The third kappa shape index (κ3) is 3.53. The van der Waals surface area contributed by atoms with Gasteiger partial charge in [-0.05, 0) is 56.5 Å². The number of para-hydroxylation sites is 1. The van der Waals surface area contributed by atoms with E-state index >= 15 is 0 Å². The highest BCUT2D eigenvalue weighted by atomic mass is 15.1. The molecular weight excluding hydrogens is 569 g/mol. The third-order valence-corrected chi connectivity index (χ3v) is 10.7. The monoisotopic (exact) mass is 600 g/mol. The molecule has 0 radical (unpaired) electrons. The highest BCUT2D eigenvalue weighted by Gasteiger charge is 2.38. The molecule has 47 heavy (non-hydrogen) atoms. The Morgan fingerprint density at radius 2 is 1.28 bits per heavy atom. The van der Waals surface area contributed by atoms with Gasteiger partial charge in [-0.2, -0.15) is 0 Å². The molecule has 8 aromatic rings. The molecule has 0 bridgehead atoms. The Kier molecular flexibility index (Phi) is 5.57. The van der Waals surface area contributed by atoms with E-state index in [2.05, 4.69) is 151 Å². The average molecular weight is 601 g/mol. The van der Waals surface area contributed by atoms with Crippen LogP contribution in [0.25, 0.3) is 60.1 Å². The maximum Gasteiger partial charge on any atom is 0.118 e. The van der Waals surface area contributed by atoms with Crippen LogP contribution in [0.15, 0.2) is 151 Å². The summed E-state index contributed by atoms with van der Waals surface area (Å²) in [6.07, 6.45) is 0.954. The van der Waals surface area contributed by atoms with Crippen molar-refractivity contribution in [2.24, 2.45) is 10.9 Å². The SMILES string of the molecule is C=C1c2ccccc2-c2c1c1c(c3ccccc23)c2ccccc2n1C1=Nc2c(ccc3ccccc23)C(c2ccccc2)C1CC. The maximum atomic E-state index is 5.77. The average Bonchev–Trinajstić information content (AvgIpc) is 3.63. The van der Waals surface area contributed by atoms with Crippen LogP contribution in [0.3, 0.4) is 0 Å². The van der Waals surface area contributed by atoms with Gasteiger partial charge >= 0.3 is 0 Å². The second-order valence-corrected chi connectivity index (χ2v) is 13.0. The van der Waals surface area contributed by atoms with Crippen LogP contribution in [-0.4, -0.2) is 10.4 Å². The van der Waals surface area contributed by atoms with Crippen LogP contribution in [0.5, 0.6) is 0 Å². The quantitative estimate of drug-likeness (QED) is 0.188. The summed E-state index contributed by atoms with van der Waals surface area (Å²) in [6.45, 7) is 7.10. The molecule has 2 heteroatoms. The number of benzene rings is 7. The first kappa shape index (κ1) is 26.5. The first-order chi connectivity index (χ1) is 23.2. The fraction of sp³-hybridized carbons (Fsp3) is 0.0889. The normalized spacial score (nSPS) is 16.9. The Balaban J connectivity index is 1.41. The smallest absolute Gasteiger partial charge is 0.118 e. The van der Waals surface area contributed by atoms with E-state index < -0.39 is 0 Å². The third-order valence-electron chi connectivity index (χ3n) is 10.7. The first-order valence-corrected chi connectivity index (χ1v) is 16.7. The van der Waals surface area contributed by atoms with E-state index in [4.69, 9.17) is 11.6 Å². The Morgan fingerprint density at radius 3 is 2.09 bits per heavy atom. The van der Waals surface area contributed by atoms with Crippen molar-refractivity contribution in [2.45, 2.75) is 19.3 Å². The Morgan fingerprint density at radius 1 is 0.617 bits per heavy atom. The molecule has 2 atom stereocenters. The van der Waals surface area contributed by atoms with Crippen LogP contribution >= 0.6 is 0 Å². The molecule has 0 saturated carbocycles. The van der Waals surface area contributed by atoms with E-state index in [0.29, 0.717) is 0 Å². The lowest BCUT2D eigenvalue weighted by atomic mass is 9.75. The fourth-order valence-electron chi connectivity index (χ4n) is 8.75. The summed E-state index contributed by atoms with van der Waals surface area (Å²) in [4.78, 5) is 5.77. The van der Waals surface area contributed by atoms with E-state index in [-0.39, 0.29) is 11.8 Å². The van der Waals surface area contributed by atoms with E-state index in [0.717, 1.165) is 23.5 Å². The van der Waals surface area contributed by atoms with Crippen LogP contribution in [0.2, 0.25) is 0 Å². The minimum Gasteiger partial charge on any atom is -0.296 e. The van der Waals surface area contributed by atoms with Gasteiger partial charge in [0, 0.05) is 39.1 Å². The fourth-order valence-corrected chi connectivity index (χ4v) is 8.75. The molecule has 0 spiro atoms. The number of aliphatic imine (C=N–C) groups is 1. The molecule has 222 valence electrons. The molecular formula is C45H32N2. The maximum absolute atomic E-state index is 5.77. The number of hydrogen-bond acceptors (Lipinski definition) is 1. The van der Waals surface area contributed by atoms with Crippen LogP contribution in [0.4, 0.5) is 5.69 Å². The van der Waals surface area contributed by atoms with E-state index in [1.807, 2.05) is 0 Å². The molecule has 0 fully saturated rings. The van der Waals surface area contributed by atoms with Gasteiger partial charge in [0.1, 0.15) is 5.84 Å². The van der Waals surface area contributed by atoms with Gasteiger partial charge in [0.25, 0.3) is 0 Å². The summed E-state index contributed by atoms with van der Waals surface area (Å²) >= 11 is 0. The van der Waals surface area contributed by atoms with Gasteiger partial charge in [0.05, 0.1) is 16.7 Å². The summed E-state index contributed by atoms with van der Waals surface area (Å²) in [5.74, 6) is 1.43. The predicted octanol–water partition coefficient (Wildman–Crippen LogP) is 11.9. The minimum atomic E-state index is 0.157. The topological polar surface area (TPSA) is 17.3 Å². The highest BCUT2D eigenvalue weighted by molar-refractivity contribution is 6.32. The van der Waals surface area contributed by atoms with Crippen molar-refractivity contribution < 1.29 is 0 Å². The lowest BCUT2D eigenvalue weighted by Crippen LogP contribution is -2.31. The van der Waals surface area contributed by atoms with Gasteiger partial charge in [-0.1, -0.05) is 147 Å². The van der Waals surface area contributed by atoms with Gasteiger partial charge in [0.2, 0.25) is 0 Å². The zero-order valence-corrected chi connectivity index (χ0v) is 26.2. The first-order valence-electron chi connectivity index (χ1n) is 16.7. The molecule has 2 aliphatic rings. The molecule has 2 unspecified atom stereocenters. The molecule has 10 rings (SSSR count). The number of rotatable bonds is 2. The molecule has 7 aromatic carbocycles. The van der Waals surface area contributed by atoms with E-state index in [9.17, 15) is 0 Å². The van der Waals surface area contributed by atoms with Crippen LogP contribution in [0.1, 0.15) is 41.5 Å². The minimum absolute atomic E-state index is 0.157. The lowest BCUT2D eigenvalue weighted by molar-refractivity contribution is 0.566. The summed E-state index contributed by atoms with van der Waals surface area (Å²) in [6, 6.07) is 51.0. The van der Waals surface area contributed by atoms with Crippen LogP contribution in [0, 0.1) is 5.92 Å².